The molecule has 0 bridgehead atoms. The van der Waals surface area contributed by atoms with Crippen molar-refractivity contribution >= 4 is 5.91 Å². The maximum Gasteiger partial charge on any atom is 0.239 e. The first-order valence-electron chi connectivity index (χ1n) is 7.42. The highest BCUT2D eigenvalue weighted by Crippen LogP contribution is 2.45. The first-order chi connectivity index (χ1) is 8.79. The van der Waals surface area contributed by atoms with Gasteiger partial charge in [-0.3, -0.25) is 4.79 Å². The summed E-state index contributed by atoms with van der Waals surface area (Å²) in [5.74, 6) is 1.95. The number of fused-ring (bicyclic) bond motifs is 1. The molecule has 18 heavy (non-hydrogen) atoms. The van der Waals surface area contributed by atoms with E-state index in [0.29, 0.717) is 11.9 Å². The number of hydrogen-bond acceptors (Lipinski definition) is 2. The second-order valence-corrected chi connectivity index (χ2v) is 6.12. The van der Waals surface area contributed by atoms with Crippen molar-refractivity contribution in [3.05, 3.63) is 12.2 Å². The van der Waals surface area contributed by atoms with Crippen LogP contribution in [0.25, 0.3) is 0 Å². The van der Waals surface area contributed by atoms with Gasteiger partial charge in [-0.15, -0.1) is 0 Å². The zero-order valence-corrected chi connectivity index (χ0v) is 11.3. The van der Waals surface area contributed by atoms with E-state index in [0.717, 1.165) is 31.2 Å². The summed E-state index contributed by atoms with van der Waals surface area (Å²) < 4.78 is 0. The summed E-state index contributed by atoms with van der Waals surface area (Å²) in [6.07, 6.45) is 11.6. The van der Waals surface area contributed by atoms with Crippen LogP contribution in [0.1, 0.15) is 38.5 Å². The second kappa shape index (κ2) is 5.04. The molecule has 0 radical (unpaired) electrons. The van der Waals surface area contributed by atoms with Crippen molar-refractivity contribution in [1.29, 1.82) is 0 Å². The van der Waals surface area contributed by atoms with Crippen LogP contribution in [0.2, 0.25) is 0 Å². The summed E-state index contributed by atoms with van der Waals surface area (Å²) in [7, 11) is 1.93. The van der Waals surface area contributed by atoms with E-state index in [1.807, 2.05) is 7.05 Å². The number of nitrogens with one attached hydrogen (secondary N) is 1. The van der Waals surface area contributed by atoms with Gasteiger partial charge >= 0.3 is 0 Å². The maximum absolute atomic E-state index is 12.6. The fourth-order valence-electron chi connectivity index (χ4n) is 3.58. The predicted molar refractivity (Wildman–Crippen MR) is 72.2 cm³/mol. The molecule has 1 saturated carbocycles. The summed E-state index contributed by atoms with van der Waals surface area (Å²) in [6.45, 7) is 1.01. The van der Waals surface area contributed by atoms with Gasteiger partial charge in [0.15, 0.2) is 0 Å². The van der Waals surface area contributed by atoms with E-state index in [-0.39, 0.29) is 6.04 Å². The average Bonchev–Trinajstić information content (AvgIpc) is 3.14. The third kappa shape index (κ3) is 2.33. The van der Waals surface area contributed by atoms with E-state index < -0.39 is 0 Å². The summed E-state index contributed by atoms with van der Waals surface area (Å²) in [6, 6.07) is 0.515. The molecule has 3 rings (SSSR count). The molecule has 3 heteroatoms. The average molecular weight is 248 g/mol. The number of carbonyl (C=O) groups is 1. The van der Waals surface area contributed by atoms with Gasteiger partial charge in [-0.05, 0) is 57.4 Å². The van der Waals surface area contributed by atoms with Crippen molar-refractivity contribution in [2.24, 2.45) is 11.8 Å². The molecule has 2 aliphatic carbocycles. The topological polar surface area (TPSA) is 32.3 Å². The minimum absolute atomic E-state index is 0.0646. The minimum atomic E-state index is 0.0646. The van der Waals surface area contributed by atoms with Crippen molar-refractivity contribution in [1.82, 2.24) is 10.2 Å². The molecule has 1 amide bonds. The van der Waals surface area contributed by atoms with Gasteiger partial charge < -0.3 is 10.2 Å². The van der Waals surface area contributed by atoms with E-state index in [2.05, 4.69) is 22.4 Å². The molecule has 4 atom stereocenters. The van der Waals surface area contributed by atoms with Crippen LogP contribution in [0.3, 0.4) is 0 Å². The fraction of sp³-hybridized carbons (Fsp3) is 0.800. The molecule has 1 aliphatic heterocycles. The molecule has 0 aromatic heterocycles. The van der Waals surface area contributed by atoms with Gasteiger partial charge in [0.2, 0.25) is 5.91 Å². The molecule has 3 aliphatic rings. The van der Waals surface area contributed by atoms with Gasteiger partial charge in [0, 0.05) is 12.6 Å². The zero-order valence-electron chi connectivity index (χ0n) is 11.3. The lowest BCUT2D eigenvalue weighted by atomic mass is 10.1. The molecular weight excluding hydrogens is 224 g/mol. The lowest BCUT2D eigenvalue weighted by Gasteiger charge is -2.32. The van der Waals surface area contributed by atoms with Crippen LogP contribution in [-0.4, -0.2) is 36.5 Å². The van der Waals surface area contributed by atoms with Crippen LogP contribution in [-0.2, 0) is 4.79 Å². The molecule has 3 nitrogen and oxygen atoms in total. The Morgan fingerprint density at radius 3 is 3.00 bits per heavy atom. The molecule has 4 unspecified atom stereocenters. The lowest BCUT2D eigenvalue weighted by molar-refractivity contribution is -0.135. The Balaban J connectivity index is 1.75. The maximum atomic E-state index is 12.6. The number of likely N-dealkylation sites (N-methyl/N-ethyl adjacent to an activating group) is 1. The standard InChI is InChI=1S/C15H24N2O/c1-16-14-9-11-8-12(11)10-17(15(14)18)13-6-4-2-3-5-7-13/h2,4,11-14,16H,3,5-10H2,1H3. The van der Waals surface area contributed by atoms with Gasteiger partial charge in [-0.25, -0.2) is 0 Å². The van der Waals surface area contributed by atoms with E-state index >= 15 is 0 Å². The molecule has 0 aromatic rings. The van der Waals surface area contributed by atoms with Gasteiger partial charge in [0.05, 0.1) is 6.04 Å². The van der Waals surface area contributed by atoms with Crippen LogP contribution >= 0.6 is 0 Å². The second-order valence-electron chi connectivity index (χ2n) is 6.12. The number of rotatable bonds is 2. The van der Waals surface area contributed by atoms with Gasteiger partial charge in [0.25, 0.3) is 0 Å². The molecule has 100 valence electrons. The molecular formula is C15H24N2O. The number of nitrogens with zero attached hydrogens (tertiary/aromatic N) is 1. The van der Waals surface area contributed by atoms with Gasteiger partial charge in [0.1, 0.15) is 0 Å². The smallest absolute Gasteiger partial charge is 0.239 e. The van der Waals surface area contributed by atoms with Crippen LogP contribution in [0.5, 0.6) is 0 Å². The molecule has 1 N–H and O–H groups in total. The summed E-state index contributed by atoms with van der Waals surface area (Å²) >= 11 is 0. The highest BCUT2D eigenvalue weighted by Gasteiger charge is 2.46. The third-order valence-corrected chi connectivity index (χ3v) is 4.89. The normalized spacial score (nSPS) is 40.1. The Morgan fingerprint density at radius 2 is 2.17 bits per heavy atom. The van der Waals surface area contributed by atoms with Crippen LogP contribution in [0, 0.1) is 11.8 Å². The summed E-state index contributed by atoms with van der Waals surface area (Å²) in [4.78, 5) is 14.8. The van der Waals surface area contributed by atoms with E-state index in [1.165, 1.54) is 25.7 Å². The van der Waals surface area contributed by atoms with Crippen LogP contribution < -0.4 is 5.32 Å². The SMILES string of the molecule is CNC1CC2CC2CN(C2CC=CCCC2)C1=O. The third-order valence-electron chi connectivity index (χ3n) is 4.89. The van der Waals surface area contributed by atoms with Gasteiger partial charge in [-0.2, -0.15) is 0 Å². The number of likely N-dealkylation sites (tertiary alicyclic amines) is 1. The zero-order chi connectivity index (χ0) is 12.5. The summed E-state index contributed by atoms with van der Waals surface area (Å²) in [5, 5.41) is 3.23. The first kappa shape index (κ1) is 12.2. The number of allylic oxidation sites excluding steroid dienone is 1. The predicted octanol–water partition coefficient (Wildman–Crippen LogP) is 1.94. The first-order valence-corrected chi connectivity index (χ1v) is 7.42. The Labute approximate surface area is 110 Å². The Morgan fingerprint density at radius 1 is 1.28 bits per heavy atom. The van der Waals surface area contributed by atoms with Crippen molar-refractivity contribution < 1.29 is 4.79 Å². The lowest BCUT2D eigenvalue weighted by Crippen LogP contribution is -2.49. The molecule has 1 saturated heterocycles. The van der Waals surface area contributed by atoms with Crippen molar-refractivity contribution in [2.75, 3.05) is 13.6 Å². The highest BCUT2D eigenvalue weighted by molar-refractivity contribution is 5.82. The molecule has 0 aromatic carbocycles. The monoisotopic (exact) mass is 248 g/mol. The number of carbonyl (C=O) groups excluding carboxylic acids is 1. The van der Waals surface area contributed by atoms with Crippen molar-refractivity contribution in [3.8, 4) is 0 Å². The van der Waals surface area contributed by atoms with Crippen molar-refractivity contribution in [2.45, 2.75) is 50.6 Å². The summed E-state index contributed by atoms with van der Waals surface area (Å²) in [5.41, 5.74) is 0. The van der Waals surface area contributed by atoms with E-state index in [1.54, 1.807) is 0 Å². The van der Waals surface area contributed by atoms with Gasteiger partial charge in [-0.1, -0.05) is 12.2 Å². The largest absolute Gasteiger partial charge is 0.338 e. The highest BCUT2D eigenvalue weighted by atomic mass is 16.2. The van der Waals surface area contributed by atoms with Crippen LogP contribution in [0.4, 0.5) is 0 Å². The quantitative estimate of drug-likeness (QED) is 0.758. The molecule has 0 spiro atoms. The van der Waals surface area contributed by atoms with E-state index in [4.69, 9.17) is 0 Å². The fourth-order valence-corrected chi connectivity index (χ4v) is 3.58. The Kier molecular flexibility index (Phi) is 3.42. The van der Waals surface area contributed by atoms with Crippen molar-refractivity contribution in [3.63, 3.8) is 0 Å². The minimum Gasteiger partial charge on any atom is -0.338 e. The Bertz CT molecular complexity index is 352. The van der Waals surface area contributed by atoms with Crippen LogP contribution in [0.15, 0.2) is 12.2 Å². The molecule has 1 heterocycles. The molecule has 2 fully saturated rings. The van der Waals surface area contributed by atoms with E-state index in [9.17, 15) is 4.79 Å². The number of hydrogen-bond donors (Lipinski definition) is 1. The number of amides is 1. The Hall–Kier alpha value is -0.830.